The lowest BCUT2D eigenvalue weighted by Gasteiger charge is -2.31. The van der Waals surface area contributed by atoms with E-state index >= 15 is 0 Å². The topological polar surface area (TPSA) is 83.6 Å². The van der Waals surface area contributed by atoms with Crippen molar-refractivity contribution in [3.63, 3.8) is 0 Å². The van der Waals surface area contributed by atoms with Gasteiger partial charge in [-0.2, -0.15) is 4.31 Å². The van der Waals surface area contributed by atoms with Gasteiger partial charge < -0.3 is 5.32 Å². The summed E-state index contributed by atoms with van der Waals surface area (Å²) in [5.41, 5.74) is 0.381. The first kappa shape index (κ1) is 23.5. The summed E-state index contributed by atoms with van der Waals surface area (Å²) in [6.07, 6.45) is 4.23. The minimum absolute atomic E-state index is 0.0256. The van der Waals surface area contributed by atoms with Crippen LogP contribution in [0.2, 0.25) is 0 Å². The van der Waals surface area contributed by atoms with Crippen molar-refractivity contribution in [2.75, 3.05) is 13.1 Å². The fourth-order valence-corrected chi connectivity index (χ4v) is 5.16. The molecule has 1 unspecified atom stereocenters. The summed E-state index contributed by atoms with van der Waals surface area (Å²) in [5.74, 6) is 0.371. The van der Waals surface area contributed by atoms with Gasteiger partial charge in [0.15, 0.2) is 5.78 Å². The number of benzene rings is 1. The second-order valence-corrected chi connectivity index (χ2v) is 10.4. The first-order chi connectivity index (χ1) is 13.6. The van der Waals surface area contributed by atoms with Crippen molar-refractivity contribution in [1.29, 1.82) is 0 Å². The SMILES string of the molecule is CC(=O)c1cccc(S(=O)(=O)N2CCC(C(=O)NC(C)CCCC(C)C)CC2)c1. The number of nitrogens with zero attached hydrogens (tertiary/aromatic N) is 1. The fourth-order valence-electron chi connectivity index (χ4n) is 3.65. The van der Waals surface area contributed by atoms with E-state index < -0.39 is 10.0 Å². The van der Waals surface area contributed by atoms with Crippen molar-refractivity contribution >= 4 is 21.7 Å². The summed E-state index contributed by atoms with van der Waals surface area (Å²) in [7, 11) is -3.66. The predicted octanol–water partition coefficient (Wildman–Crippen LogP) is 3.62. The smallest absolute Gasteiger partial charge is 0.243 e. The molecule has 1 aliphatic heterocycles. The zero-order chi connectivity index (χ0) is 21.6. The third kappa shape index (κ3) is 6.64. The lowest BCUT2D eigenvalue weighted by molar-refractivity contribution is -0.126. The highest BCUT2D eigenvalue weighted by molar-refractivity contribution is 7.89. The van der Waals surface area contributed by atoms with Crippen molar-refractivity contribution < 1.29 is 18.0 Å². The van der Waals surface area contributed by atoms with E-state index in [0.717, 1.165) is 19.3 Å². The van der Waals surface area contributed by atoms with Gasteiger partial charge in [-0.05, 0) is 51.2 Å². The van der Waals surface area contributed by atoms with E-state index in [4.69, 9.17) is 0 Å². The number of hydrogen-bond donors (Lipinski definition) is 1. The summed E-state index contributed by atoms with van der Waals surface area (Å²) in [6.45, 7) is 8.46. The molecule has 29 heavy (non-hydrogen) atoms. The van der Waals surface area contributed by atoms with Crippen molar-refractivity contribution in [3.05, 3.63) is 29.8 Å². The molecule has 1 atom stereocenters. The van der Waals surface area contributed by atoms with Crippen molar-refractivity contribution in [3.8, 4) is 0 Å². The Kier molecular flexibility index (Phi) is 8.40. The molecule has 0 radical (unpaired) electrons. The summed E-state index contributed by atoms with van der Waals surface area (Å²) in [5, 5.41) is 3.08. The molecule has 0 spiro atoms. The minimum atomic E-state index is -3.66. The molecule has 1 aromatic carbocycles. The lowest BCUT2D eigenvalue weighted by Crippen LogP contribution is -2.44. The van der Waals surface area contributed by atoms with Crippen LogP contribution in [0.25, 0.3) is 0 Å². The van der Waals surface area contributed by atoms with Gasteiger partial charge in [0.2, 0.25) is 15.9 Å². The maximum atomic E-state index is 12.9. The Hall–Kier alpha value is -1.73. The van der Waals surface area contributed by atoms with Gasteiger partial charge >= 0.3 is 0 Å². The summed E-state index contributed by atoms with van der Waals surface area (Å²) >= 11 is 0. The number of piperidine rings is 1. The monoisotopic (exact) mass is 422 g/mol. The highest BCUT2D eigenvalue weighted by atomic mass is 32.2. The standard InChI is InChI=1S/C22H34N2O4S/c1-16(2)7-5-8-17(3)23-22(26)19-11-13-24(14-12-19)29(27,28)21-10-6-9-20(15-21)18(4)25/h6,9-10,15-17,19H,5,7-8,11-14H2,1-4H3,(H,23,26). The van der Waals surface area contributed by atoms with Gasteiger partial charge in [0.05, 0.1) is 4.90 Å². The molecular formula is C22H34N2O4S. The predicted molar refractivity (Wildman–Crippen MR) is 114 cm³/mol. The van der Waals surface area contributed by atoms with E-state index in [2.05, 4.69) is 19.2 Å². The molecular weight excluding hydrogens is 388 g/mol. The van der Waals surface area contributed by atoms with E-state index in [0.29, 0.717) is 37.4 Å². The van der Waals surface area contributed by atoms with Gasteiger partial charge in [-0.15, -0.1) is 0 Å². The lowest BCUT2D eigenvalue weighted by atomic mass is 9.96. The number of carbonyl (C=O) groups is 2. The molecule has 1 N–H and O–H groups in total. The van der Waals surface area contributed by atoms with Crippen molar-refractivity contribution in [1.82, 2.24) is 9.62 Å². The molecule has 7 heteroatoms. The zero-order valence-corrected chi connectivity index (χ0v) is 18.8. The van der Waals surface area contributed by atoms with E-state index in [9.17, 15) is 18.0 Å². The van der Waals surface area contributed by atoms with E-state index in [1.54, 1.807) is 12.1 Å². The Labute approximate surface area is 175 Å². The van der Waals surface area contributed by atoms with E-state index in [-0.39, 0.29) is 28.5 Å². The van der Waals surface area contributed by atoms with Crippen LogP contribution in [0.5, 0.6) is 0 Å². The average molecular weight is 423 g/mol. The summed E-state index contributed by atoms with van der Waals surface area (Å²) < 4.78 is 27.2. The highest BCUT2D eigenvalue weighted by Gasteiger charge is 2.32. The maximum Gasteiger partial charge on any atom is 0.243 e. The van der Waals surface area contributed by atoms with Crippen LogP contribution in [0.1, 0.15) is 70.2 Å². The molecule has 0 aliphatic carbocycles. The Balaban J connectivity index is 1.90. The number of rotatable bonds is 9. The molecule has 2 rings (SSSR count). The number of sulfonamides is 1. The Morgan fingerprint density at radius 3 is 2.38 bits per heavy atom. The van der Waals surface area contributed by atoms with Crippen LogP contribution in [0.15, 0.2) is 29.2 Å². The number of nitrogens with one attached hydrogen (secondary N) is 1. The van der Waals surface area contributed by atoms with Crippen molar-refractivity contribution in [2.24, 2.45) is 11.8 Å². The van der Waals surface area contributed by atoms with Gasteiger partial charge in [0.25, 0.3) is 0 Å². The van der Waals surface area contributed by atoms with Crippen LogP contribution in [0.4, 0.5) is 0 Å². The van der Waals surface area contributed by atoms with Crippen LogP contribution < -0.4 is 5.32 Å². The molecule has 6 nitrogen and oxygen atoms in total. The van der Waals surface area contributed by atoms with Crippen LogP contribution in [-0.4, -0.2) is 43.5 Å². The van der Waals surface area contributed by atoms with Gasteiger partial charge in [0, 0.05) is 30.6 Å². The van der Waals surface area contributed by atoms with Gasteiger partial charge in [-0.25, -0.2) is 8.42 Å². The van der Waals surface area contributed by atoms with Gasteiger partial charge in [-0.1, -0.05) is 38.8 Å². The van der Waals surface area contributed by atoms with E-state index in [1.165, 1.54) is 23.4 Å². The number of amides is 1. The first-order valence-electron chi connectivity index (χ1n) is 10.5. The maximum absolute atomic E-state index is 12.9. The van der Waals surface area contributed by atoms with Crippen LogP contribution in [-0.2, 0) is 14.8 Å². The molecule has 1 aromatic rings. The van der Waals surface area contributed by atoms with Gasteiger partial charge in [-0.3, -0.25) is 9.59 Å². The highest BCUT2D eigenvalue weighted by Crippen LogP contribution is 2.25. The third-order valence-corrected chi connectivity index (χ3v) is 7.40. The largest absolute Gasteiger partial charge is 0.353 e. The van der Waals surface area contributed by atoms with Gasteiger partial charge in [0.1, 0.15) is 0 Å². The second-order valence-electron chi connectivity index (χ2n) is 8.50. The Morgan fingerprint density at radius 2 is 1.79 bits per heavy atom. The third-order valence-electron chi connectivity index (χ3n) is 5.51. The fraction of sp³-hybridized carbons (Fsp3) is 0.636. The Bertz CT molecular complexity index is 812. The second kappa shape index (κ2) is 10.3. The molecule has 1 saturated heterocycles. The number of ketones is 1. The molecule has 0 saturated carbocycles. The summed E-state index contributed by atoms with van der Waals surface area (Å²) in [6, 6.07) is 6.27. The van der Waals surface area contributed by atoms with Crippen molar-refractivity contribution in [2.45, 2.75) is 70.7 Å². The zero-order valence-electron chi connectivity index (χ0n) is 18.0. The molecule has 1 fully saturated rings. The molecule has 1 aliphatic rings. The molecule has 162 valence electrons. The average Bonchev–Trinajstić information content (AvgIpc) is 2.67. The molecule has 1 heterocycles. The minimum Gasteiger partial charge on any atom is -0.353 e. The quantitative estimate of drug-likeness (QED) is 0.616. The normalized spacial score (nSPS) is 17.3. The molecule has 0 aromatic heterocycles. The summed E-state index contributed by atoms with van der Waals surface area (Å²) in [4.78, 5) is 24.2. The van der Waals surface area contributed by atoms with Crippen LogP contribution in [0, 0.1) is 11.8 Å². The van der Waals surface area contributed by atoms with E-state index in [1.807, 2.05) is 6.92 Å². The molecule has 0 bridgehead atoms. The number of carbonyl (C=O) groups excluding carboxylic acids is 2. The number of Topliss-reactive ketones (excluding diaryl/α,β-unsaturated/α-hetero) is 1. The van der Waals surface area contributed by atoms with Crippen LogP contribution in [0.3, 0.4) is 0 Å². The first-order valence-corrected chi connectivity index (χ1v) is 12.0. The molecule has 1 amide bonds. The van der Waals surface area contributed by atoms with Crippen LogP contribution >= 0.6 is 0 Å². The number of hydrogen-bond acceptors (Lipinski definition) is 4. The Morgan fingerprint density at radius 1 is 1.14 bits per heavy atom.